The first-order valence-electron chi connectivity index (χ1n) is 9.92. The van der Waals surface area contributed by atoms with Crippen LogP contribution in [0.3, 0.4) is 0 Å². The molecule has 0 radical (unpaired) electrons. The molecule has 0 fully saturated rings. The molecule has 0 atom stereocenters. The highest BCUT2D eigenvalue weighted by Gasteiger charge is 2.19. The lowest BCUT2D eigenvalue weighted by Gasteiger charge is -2.07. The predicted octanol–water partition coefficient (Wildman–Crippen LogP) is 3.50. The van der Waals surface area contributed by atoms with Crippen LogP contribution in [0.15, 0.2) is 83.2 Å². The van der Waals surface area contributed by atoms with Crippen molar-refractivity contribution in [2.75, 3.05) is 7.05 Å². The molecule has 4 rings (SSSR count). The van der Waals surface area contributed by atoms with E-state index in [2.05, 4.69) is 15.1 Å². The van der Waals surface area contributed by atoms with E-state index in [0.717, 1.165) is 16.0 Å². The van der Waals surface area contributed by atoms with Crippen LogP contribution in [0.4, 0.5) is 0 Å². The average molecular weight is 467 g/mol. The van der Waals surface area contributed by atoms with E-state index in [0.29, 0.717) is 17.8 Å². The molecule has 0 bridgehead atoms. The van der Waals surface area contributed by atoms with E-state index in [4.69, 9.17) is 0 Å². The molecule has 32 heavy (non-hydrogen) atoms. The number of aromatic nitrogens is 2. The maximum absolute atomic E-state index is 13.0. The van der Waals surface area contributed by atoms with Crippen molar-refractivity contribution in [3.8, 4) is 10.6 Å². The van der Waals surface area contributed by atoms with Crippen molar-refractivity contribution in [3.63, 3.8) is 0 Å². The van der Waals surface area contributed by atoms with Gasteiger partial charge in [0, 0.05) is 12.7 Å². The molecule has 4 aromatic rings. The largest absolute Gasteiger partial charge is 0.348 e. The zero-order valence-corrected chi connectivity index (χ0v) is 19.0. The monoisotopic (exact) mass is 466 g/mol. The Kier molecular flexibility index (Phi) is 6.50. The summed E-state index contributed by atoms with van der Waals surface area (Å²) in [6.07, 6.45) is 1.76. The summed E-state index contributed by atoms with van der Waals surface area (Å²) in [6.45, 7) is 0.834. The number of rotatable bonds is 8. The molecule has 2 heterocycles. The minimum Gasteiger partial charge on any atom is -0.348 e. The van der Waals surface area contributed by atoms with Crippen molar-refractivity contribution in [3.05, 3.63) is 95.0 Å². The zero-order chi connectivity index (χ0) is 22.6. The van der Waals surface area contributed by atoms with Crippen LogP contribution in [0, 0.1) is 0 Å². The summed E-state index contributed by atoms with van der Waals surface area (Å²) in [5.74, 6) is -0.236. The van der Waals surface area contributed by atoms with Crippen LogP contribution in [0.25, 0.3) is 10.6 Å². The number of sulfonamides is 1. The van der Waals surface area contributed by atoms with Gasteiger partial charge in [-0.25, -0.2) is 13.1 Å². The van der Waals surface area contributed by atoms with Gasteiger partial charge in [0.05, 0.1) is 21.9 Å². The molecular formula is C23H22N4O3S2. The zero-order valence-electron chi connectivity index (χ0n) is 17.4. The molecule has 0 saturated carbocycles. The van der Waals surface area contributed by atoms with Crippen molar-refractivity contribution in [2.24, 2.45) is 0 Å². The third-order valence-electron chi connectivity index (χ3n) is 4.90. The van der Waals surface area contributed by atoms with Gasteiger partial charge in [0.25, 0.3) is 5.91 Å². The Morgan fingerprint density at radius 2 is 1.75 bits per heavy atom. The first kappa shape index (κ1) is 21.9. The summed E-state index contributed by atoms with van der Waals surface area (Å²) in [5, 5.41) is 9.53. The van der Waals surface area contributed by atoms with E-state index in [-0.39, 0.29) is 17.3 Å². The quantitative estimate of drug-likeness (QED) is 0.416. The SMILES string of the molecule is CNS(=O)(=O)c1ccc(CNC(=O)c2cn(Cc3ccccc3)nc2-c2cccs2)cc1. The van der Waals surface area contributed by atoms with Gasteiger partial charge in [-0.15, -0.1) is 11.3 Å². The Balaban J connectivity index is 1.52. The van der Waals surface area contributed by atoms with E-state index >= 15 is 0 Å². The molecule has 0 spiro atoms. The van der Waals surface area contributed by atoms with Crippen LogP contribution >= 0.6 is 11.3 Å². The Bertz CT molecular complexity index is 1300. The molecule has 0 aliphatic carbocycles. The summed E-state index contributed by atoms with van der Waals surface area (Å²) < 4.78 is 27.8. The number of carbonyl (C=O) groups excluding carboxylic acids is 1. The van der Waals surface area contributed by atoms with E-state index in [9.17, 15) is 13.2 Å². The number of hydrogen-bond acceptors (Lipinski definition) is 5. The van der Waals surface area contributed by atoms with Crippen molar-refractivity contribution in [1.29, 1.82) is 0 Å². The molecule has 2 aromatic carbocycles. The highest BCUT2D eigenvalue weighted by molar-refractivity contribution is 7.89. The Morgan fingerprint density at radius 3 is 2.41 bits per heavy atom. The second-order valence-corrected chi connectivity index (χ2v) is 9.92. The fourth-order valence-corrected chi connectivity index (χ4v) is 4.67. The number of nitrogens with one attached hydrogen (secondary N) is 2. The first-order chi connectivity index (χ1) is 15.5. The van der Waals surface area contributed by atoms with E-state index in [1.165, 1.54) is 30.5 Å². The fourth-order valence-electron chi connectivity index (χ4n) is 3.22. The molecule has 0 saturated heterocycles. The van der Waals surface area contributed by atoms with Crippen LogP contribution in [-0.4, -0.2) is 31.2 Å². The smallest absolute Gasteiger partial charge is 0.255 e. The van der Waals surface area contributed by atoms with Crippen molar-refractivity contribution >= 4 is 27.3 Å². The van der Waals surface area contributed by atoms with Crippen LogP contribution in [0.2, 0.25) is 0 Å². The Morgan fingerprint density at radius 1 is 1.00 bits per heavy atom. The molecular weight excluding hydrogens is 444 g/mol. The highest BCUT2D eigenvalue weighted by atomic mass is 32.2. The van der Waals surface area contributed by atoms with Gasteiger partial charge in [0.2, 0.25) is 10.0 Å². The third-order valence-corrected chi connectivity index (χ3v) is 7.21. The van der Waals surface area contributed by atoms with Crippen molar-refractivity contribution in [1.82, 2.24) is 19.8 Å². The molecule has 0 aliphatic heterocycles. The van der Waals surface area contributed by atoms with Crippen molar-refractivity contribution in [2.45, 2.75) is 18.0 Å². The average Bonchev–Trinajstić information content (AvgIpc) is 3.48. The number of carbonyl (C=O) groups is 1. The highest BCUT2D eigenvalue weighted by Crippen LogP contribution is 2.27. The summed E-state index contributed by atoms with van der Waals surface area (Å²) in [4.78, 5) is 14.1. The van der Waals surface area contributed by atoms with Gasteiger partial charge in [0.1, 0.15) is 5.69 Å². The second kappa shape index (κ2) is 9.47. The number of hydrogen-bond donors (Lipinski definition) is 2. The normalized spacial score (nSPS) is 11.4. The molecule has 9 heteroatoms. The second-order valence-electron chi connectivity index (χ2n) is 7.09. The van der Waals surface area contributed by atoms with Gasteiger partial charge in [-0.2, -0.15) is 5.10 Å². The summed E-state index contributed by atoms with van der Waals surface area (Å²) in [7, 11) is -2.12. The fraction of sp³-hybridized carbons (Fsp3) is 0.130. The van der Waals surface area contributed by atoms with E-state index in [1.807, 2.05) is 47.8 Å². The minimum atomic E-state index is -3.49. The summed E-state index contributed by atoms with van der Waals surface area (Å²) >= 11 is 1.53. The van der Waals surface area contributed by atoms with Gasteiger partial charge in [-0.3, -0.25) is 9.48 Å². The lowest BCUT2D eigenvalue weighted by atomic mass is 10.2. The number of amides is 1. The Labute approximate surface area is 190 Å². The molecule has 0 aliphatic rings. The number of thiophene rings is 1. The maximum atomic E-state index is 13.0. The van der Waals surface area contributed by atoms with E-state index in [1.54, 1.807) is 23.0 Å². The molecule has 2 aromatic heterocycles. The Hall–Kier alpha value is -3.27. The first-order valence-corrected chi connectivity index (χ1v) is 12.3. The van der Waals surface area contributed by atoms with Gasteiger partial charge in [-0.05, 0) is 41.8 Å². The molecule has 164 valence electrons. The van der Waals surface area contributed by atoms with Crippen LogP contribution in [0.1, 0.15) is 21.5 Å². The summed E-state index contributed by atoms with van der Waals surface area (Å²) in [5.41, 5.74) is 3.03. The van der Waals surface area contributed by atoms with Gasteiger partial charge in [-0.1, -0.05) is 48.5 Å². The minimum absolute atomic E-state index is 0.178. The van der Waals surface area contributed by atoms with Crippen LogP contribution in [-0.2, 0) is 23.1 Å². The predicted molar refractivity (Wildman–Crippen MR) is 125 cm³/mol. The number of nitrogens with zero attached hydrogens (tertiary/aromatic N) is 2. The molecule has 1 amide bonds. The standard InChI is InChI=1S/C23H22N4O3S2/c1-24-32(29,30)19-11-9-17(10-12-19)14-25-23(28)20-16-27(15-18-6-3-2-4-7-18)26-22(20)21-8-5-13-31-21/h2-13,16,24H,14-15H2,1H3,(H,25,28). The topological polar surface area (TPSA) is 93.1 Å². The van der Waals surface area contributed by atoms with Crippen LogP contribution in [0.5, 0.6) is 0 Å². The molecule has 2 N–H and O–H groups in total. The molecule has 7 nitrogen and oxygen atoms in total. The lowest BCUT2D eigenvalue weighted by molar-refractivity contribution is 0.0951. The third kappa shape index (κ3) is 4.96. The van der Waals surface area contributed by atoms with Crippen molar-refractivity contribution < 1.29 is 13.2 Å². The lowest BCUT2D eigenvalue weighted by Crippen LogP contribution is -2.23. The van der Waals surface area contributed by atoms with Gasteiger partial charge >= 0.3 is 0 Å². The van der Waals surface area contributed by atoms with E-state index < -0.39 is 10.0 Å². The van der Waals surface area contributed by atoms with Crippen LogP contribution < -0.4 is 10.0 Å². The molecule has 0 unspecified atom stereocenters. The number of benzene rings is 2. The maximum Gasteiger partial charge on any atom is 0.255 e. The van der Waals surface area contributed by atoms with Gasteiger partial charge < -0.3 is 5.32 Å². The summed E-state index contributed by atoms with van der Waals surface area (Å²) in [6, 6.07) is 20.2. The van der Waals surface area contributed by atoms with Gasteiger partial charge in [0.15, 0.2) is 0 Å².